The van der Waals surface area contributed by atoms with Crippen molar-refractivity contribution in [1.29, 1.82) is 0 Å². The second-order valence-corrected chi connectivity index (χ2v) is 8.57. The zero-order valence-electron chi connectivity index (χ0n) is 18.3. The molecular weight excluding hydrogens is 494 g/mol. The third kappa shape index (κ3) is 5.23. The van der Waals surface area contributed by atoms with Gasteiger partial charge in [-0.25, -0.2) is 19.6 Å². The predicted octanol–water partition coefficient (Wildman–Crippen LogP) is 0.00750. The van der Waals surface area contributed by atoms with Gasteiger partial charge in [0.1, 0.15) is 29.9 Å². The van der Waals surface area contributed by atoms with Crippen molar-refractivity contribution in [2.75, 3.05) is 38.9 Å². The first-order valence-corrected chi connectivity index (χ1v) is 11.6. The van der Waals surface area contributed by atoms with Crippen molar-refractivity contribution in [3.8, 4) is 0 Å². The van der Waals surface area contributed by atoms with Crippen molar-refractivity contribution in [3.63, 3.8) is 0 Å². The monoisotopic (exact) mass is 515 g/mol. The predicted molar refractivity (Wildman–Crippen MR) is 118 cm³/mol. The molecular formula is C18H21N5O9S2. The van der Waals surface area contributed by atoms with Gasteiger partial charge in [-0.2, -0.15) is 4.79 Å². The van der Waals surface area contributed by atoms with Crippen molar-refractivity contribution in [1.82, 2.24) is 15.2 Å². The maximum atomic E-state index is 12.9. The number of β-lactam (4-membered cyclic amide) rings is 1. The summed E-state index contributed by atoms with van der Waals surface area (Å²) in [5.41, 5.74) is 5.95. The first kappa shape index (κ1) is 25.3. The van der Waals surface area contributed by atoms with E-state index >= 15 is 0 Å². The van der Waals surface area contributed by atoms with E-state index in [9.17, 15) is 19.2 Å². The number of anilines is 1. The van der Waals surface area contributed by atoms with Crippen LogP contribution >= 0.6 is 23.1 Å². The number of oxime groups is 1. The number of ether oxygens (including phenoxy) is 2. The van der Waals surface area contributed by atoms with Crippen LogP contribution in [0.5, 0.6) is 0 Å². The summed E-state index contributed by atoms with van der Waals surface area (Å²) in [6.07, 6.45) is -1.21. The van der Waals surface area contributed by atoms with E-state index in [-0.39, 0.29) is 35.4 Å². The number of carbonyl (C=O) groups excluding carboxylic acids is 4. The van der Waals surface area contributed by atoms with Gasteiger partial charge in [0.2, 0.25) is 0 Å². The molecule has 2 amide bonds. The highest BCUT2D eigenvalue weighted by Crippen LogP contribution is 2.40. The largest absolute Gasteiger partial charge is 0.549 e. The molecule has 1 fully saturated rings. The number of methoxy groups -OCH3 is 1. The molecule has 1 saturated heterocycles. The third-order valence-corrected chi connectivity index (χ3v) is 6.47. The maximum absolute atomic E-state index is 12.9. The van der Waals surface area contributed by atoms with Crippen LogP contribution in [0.15, 0.2) is 21.8 Å². The Hall–Kier alpha value is -3.37. The quantitative estimate of drug-likeness (QED) is 0.156. The first-order valence-electron chi connectivity index (χ1n) is 9.66. The second-order valence-electron chi connectivity index (χ2n) is 6.58. The number of thiazole rings is 1. The van der Waals surface area contributed by atoms with E-state index in [0.717, 1.165) is 16.2 Å². The lowest BCUT2D eigenvalue weighted by Gasteiger charge is -2.49. The Balaban J connectivity index is 1.75. The smallest absolute Gasteiger partial charge is 0.432 e. The van der Waals surface area contributed by atoms with Crippen molar-refractivity contribution < 1.29 is 43.3 Å². The average Bonchev–Trinajstić information content (AvgIpc) is 3.25. The molecule has 3 rings (SSSR count). The van der Waals surface area contributed by atoms with Gasteiger partial charge >= 0.3 is 12.1 Å². The van der Waals surface area contributed by atoms with E-state index in [1.54, 1.807) is 6.92 Å². The number of fused-ring (bicyclic) bond motifs is 1. The average molecular weight is 516 g/mol. The van der Waals surface area contributed by atoms with Crippen LogP contribution in [0.2, 0.25) is 0 Å². The molecule has 184 valence electrons. The molecule has 0 aromatic carbocycles. The lowest BCUT2D eigenvalue weighted by Crippen LogP contribution is -2.71. The summed E-state index contributed by atoms with van der Waals surface area (Å²) < 4.78 is 9.64. The third-order valence-electron chi connectivity index (χ3n) is 4.46. The Morgan fingerprint density at radius 2 is 2.09 bits per heavy atom. The Bertz CT molecular complexity index is 1040. The second kappa shape index (κ2) is 11.2. The highest BCUT2D eigenvalue weighted by molar-refractivity contribution is 8.00. The fraction of sp³-hybridized carbons (Fsp3) is 0.444. The Morgan fingerprint density at radius 1 is 1.32 bits per heavy atom. The fourth-order valence-electron chi connectivity index (χ4n) is 3.11. The molecule has 0 radical (unpaired) electrons. The molecule has 0 aliphatic carbocycles. The number of nitrogen functional groups attached to an aromatic ring is 1. The van der Waals surface area contributed by atoms with E-state index in [1.807, 2.05) is 0 Å². The number of nitrogens with zero attached hydrogens (tertiary/aromatic N) is 3. The normalized spacial score (nSPS) is 19.7. The van der Waals surface area contributed by atoms with E-state index in [4.69, 9.17) is 15.3 Å². The van der Waals surface area contributed by atoms with Crippen LogP contribution in [0.1, 0.15) is 12.6 Å². The Labute approximate surface area is 201 Å². The molecule has 34 heavy (non-hydrogen) atoms. The van der Waals surface area contributed by atoms with Gasteiger partial charge in [0.25, 0.3) is 11.8 Å². The number of aromatic nitrogens is 1. The molecule has 0 spiro atoms. The lowest BCUT2D eigenvalue weighted by atomic mass is 10.0. The minimum absolute atomic E-state index is 0.0144. The lowest BCUT2D eigenvalue weighted by molar-refractivity contribution is -0.241. The Kier molecular flexibility index (Phi) is 8.30. The van der Waals surface area contributed by atoms with Crippen LogP contribution in [0.4, 0.5) is 9.93 Å². The topological polar surface area (TPSA) is 181 Å². The molecule has 3 N–H and O–H groups in total. The van der Waals surface area contributed by atoms with Gasteiger partial charge in [0.15, 0.2) is 10.8 Å². The van der Waals surface area contributed by atoms with Crippen molar-refractivity contribution in [3.05, 3.63) is 22.3 Å². The number of rotatable bonds is 8. The van der Waals surface area contributed by atoms with Crippen LogP contribution in [0.25, 0.3) is 0 Å². The maximum Gasteiger partial charge on any atom is 0.549 e. The van der Waals surface area contributed by atoms with Crippen LogP contribution in [-0.4, -0.2) is 84.1 Å². The number of hydrogen-bond donors (Lipinski definition) is 2. The number of hydrogen-bond acceptors (Lipinski definition) is 14. The van der Waals surface area contributed by atoms with E-state index < -0.39 is 35.4 Å². The van der Waals surface area contributed by atoms with Gasteiger partial charge in [-0.3, -0.25) is 14.5 Å². The van der Waals surface area contributed by atoms with Gasteiger partial charge in [-0.15, -0.1) is 23.1 Å². The number of nitrogens with two attached hydrogens (primary N) is 1. The molecule has 1 aromatic rings. The molecule has 0 saturated carbocycles. The van der Waals surface area contributed by atoms with Crippen LogP contribution in [0, 0.1) is 0 Å². The minimum Gasteiger partial charge on any atom is -0.432 e. The Morgan fingerprint density at radius 3 is 2.71 bits per heavy atom. The molecule has 2 aliphatic heterocycles. The molecule has 0 bridgehead atoms. The van der Waals surface area contributed by atoms with Gasteiger partial charge in [-0.05, 0) is 12.5 Å². The molecule has 1 aromatic heterocycles. The minimum atomic E-state index is -1.21. The highest BCUT2D eigenvalue weighted by Gasteiger charge is 2.55. The van der Waals surface area contributed by atoms with Gasteiger partial charge < -0.3 is 25.4 Å². The molecule has 14 nitrogen and oxygen atoms in total. The SMILES string of the molecule is CCOC(=O)OOC(=O)C1=C(COC)CS[C@@H]2C(NC(=O)C(=NOC)c3csc(N)n3)C(=O)N12. The van der Waals surface area contributed by atoms with Gasteiger partial charge in [0, 0.05) is 18.2 Å². The summed E-state index contributed by atoms with van der Waals surface area (Å²) in [6, 6.07) is -0.978. The summed E-state index contributed by atoms with van der Waals surface area (Å²) in [6.45, 7) is 1.59. The molecule has 2 atom stereocenters. The number of amides is 2. The standard InChI is InChI=1S/C18H21N5O9S2/c1-4-30-18(27)32-31-16(26)12-8(5-28-2)6-33-15-11(14(25)23(12)15)21-13(24)10(22-29-3)9-7-34-17(19)20-9/h7,11,15H,4-6H2,1-3H3,(H2,19,20)(H,21,24)/t11?,15-/m1/s1. The van der Waals surface area contributed by atoms with Crippen LogP contribution < -0.4 is 11.1 Å². The summed E-state index contributed by atoms with van der Waals surface area (Å²) >= 11 is 2.41. The van der Waals surface area contributed by atoms with E-state index in [0.29, 0.717) is 11.3 Å². The zero-order chi connectivity index (χ0) is 24.8. The molecule has 1 unspecified atom stereocenters. The van der Waals surface area contributed by atoms with Crippen molar-refractivity contribution in [2.24, 2.45) is 5.16 Å². The molecule has 16 heteroatoms. The van der Waals surface area contributed by atoms with Crippen LogP contribution in [-0.2, 0) is 38.5 Å². The molecule has 2 aliphatic rings. The summed E-state index contributed by atoms with van der Waals surface area (Å²) in [4.78, 5) is 68.5. The number of carbonyl (C=O) groups is 4. The van der Waals surface area contributed by atoms with Crippen molar-refractivity contribution >= 4 is 57.9 Å². The zero-order valence-corrected chi connectivity index (χ0v) is 19.9. The van der Waals surface area contributed by atoms with E-state index in [2.05, 4.69) is 30.0 Å². The summed E-state index contributed by atoms with van der Waals surface area (Å²) in [5, 5.41) is 7.38. The highest BCUT2D eigenvalue weighted by atomic mass is 32.2. The summed E-state index contributed by atoms with van der Waals surface area (Å²) in [7, 11) is 2.68. The van der Waals surface area contributed by atoms with E-state index in [1.165, 1.54) is 31.4 Å². The fourth-order valence-corrected chi connectivity index (χ4v) is 4.99. The first-order chi connectivity index (χ1) is 16.3. The molecule has 3 heterocycles. The number of thioether (sulfide) groups is 1. The van der Waals surface area contributed by atoms with Crippen LogP contribution in [0.3, 0.4) is 0 Å². The van der Waals surface area contributed by atoms with Gasteiger partial charge in [0.05, 0.1) is 13.2 Å². The summed E-state index contributed by atoms with van der Waals surface area (Å²) in [5.74, 6) is -2.09. The van der Waals surface area contributed by atoms with Gasteiger partial charge in [-0.1, -0.05) is 5.16 Å². The van der Waals surface area contributed by atoms with Crippen molar-refractivity contribution in [2.45, 2.75) is 18.3 Å². The number of nitrogens with one attached hydrogen (secondary N) is 1.